The van der Waals surface area contributed by atoms with Crippen LogP contribution in [0.4, 0.5) is 10.1 Å². The second-order valence-corrected chi connectivity index (χ2v) is 7.75. The Labute approximate surface area is 172 Å². The van der Waals surface area contributed by atoms with Gasteiger partial charge in [-0.15, -0.1) is 0 Å². The Morgan fingerprint density at radius 1 is 1.00 bits per heavy atom. The molecule has 0 saturated carbocycles. The molecule has 0 aliphatic carbocycles. The molecular weight excluding hydrogens is 387 g/mol. The molecule has 144 valence electrons. The number of carbonyl (C=O) groups excluding carboxylic acids is 1. The van der Waals surface area contributed by atoms with Gasteiger partial charge in [0.15, 0.2) is 0 Å². The molecule has 3 nitrogen and oxygen atoms in total. The van der Waals surface area contributed by atoms with Gasteiger partial charge in [-0.05, 0) is 34.9 Å². The number of aromatic nitrogens is 1. The minimum Gasteiger partial charge on any atom is -0.343 e. The van der Waals surface area contributed by atoms with E-state index < -0.39 is 11.7 Å². The first-order valence-corrected chi connectivity index (χ1v) is 9.89. The number of hydrogen-bond donors (Lipinski definition) is 1. The fourth-order valence-electron chi connectivity index (χ4n) is 4.23. The molecule has 29 heavy (non-hydrogen) atoms. The van der Waals surface area contributed by atoms with Crippen molar-refractivity contribution in [2.75, 3.05) is 5.32 Å². The van der Waals surface area contributed by atoms with Gasteiger partial charge in [0, 0.05) is 30.5 Å². The third kappa shape index (κ3) is 3.10. The first-order valence-electron chi connectivity index (χ1n) is 9.51. The molecule has 0 bridgehead atoms. The van der Waals surface area contributed by atoms with Crippen LogP contribution in [0.2, 0.25) is 5.02 Å². The summed E-state index contributed by atoms with van der Waals surface area (Å²) in [5, 5.41) is 4.02. The van der Waals surface area contributed by atoms with E-state index in [1.54, 1.807) is 12.1 Å². The normalized spacial score (nSPS) is 15.9. The van der Waals surface area contributed by atoms with Crippen LogP contribution in [0.3, 0.4) is 0 Å². The molecule has 2 heterocycles. The molecule has 0 unspecified atom stereocenters. The summed E-state index contributed by atoms with van der Waals surface area (Å²) in [5.74, 6) is -1.00. The third-order valence-electron chi connectivity index (χ3n) is 5.53. The molecule has 0 spiro atoms. The van der Waals surface area contributed by atoms with Crippen molar-refractivity contribution in [3.05, 3.63) is 100 Å². The number of nitrogens with one attached hydrogen (secondary N) is 1. The van der Waals surface area contributed by atoms with Crippen molar-refractivity contribution in [3.8, 4) is 0 Å². The van der Waals surface area contributed by atoms with E-state index in [-0.39, 0.29) is 17.4 Å². The number of benzene rings is 3. The van der Waals surface area contributed by atoms with E-state index in [9.17, 15) is 9.18 Å². The van der Waals surface area contributed by atoms with Crippen molar-refractivity contribution >= 4 is 34.1 Å². The highest BCUT2D eigenvalue weighted by molar-refractivity contribution is 6.30. The van der Waals surface area contributed by atoms with Gasteiger partial charge in [-0.3, -0.25) is 4.79 Å². The second-order valence-electron chi connectivity index (χ2n) is 7.35. The Morgan fingerprint density at radius 2 is 1.79 bits per heavy atom. The molecule has 5 heteroatoms. The van der Waals surface area contributed by atoms with Gasteiger partial charge in [0.1, 0.15) is 5.82 Å². The van der Waals surface area contributed by atoms with E-state index in [0.717, 1.165) is 22.2 Å². The molecule has 4 aromatic rings. The van der Waals surface area contributed by atoms with Crippen LogP contribution in [0.15, 0.2) is 72.9 Å². The summed E-state index contributed by atoms with van der Waals surface area (Å²) < 4.78 is 17.1. The van der Waals surface area contributed by atoms with Crippen LogP contribution in [0, 0.1) is 5.82 Å². The zero-order valence-electron chi connectivity index (χ0n) is 15.5. The summed E-state index contributed by atoms with van der Waals surface area (Å²) >= 11 is 6.04. The third-order valence-corrected chi connectivity index (χ3v) is 5.82. The SMILES string of the molecule is O=C1C[C@@H](c2cccc(Cl)c2F)c2cn(Cc3ccccc3)c3cccc(c23)N1. The lowest BCUT2D eigenvalue weighted by Gasteiger charge is -2.16. The van der Waals surface area contributed by atoms with Crippen LogP contribution in [0.25, 0.3) is 10.9 Å². The summed E-state index contributed by atoms with van der Waals surface area (Å²) in [6, 6.07) is 21.0. The van der Waals surface area contributed by atoms with E-state index in [4.69, 9.17) is 11.6 Å². The highest BCUT2D eigenvalue weighted by Crippen LogP contribution is 2.42. The largest absolute Gasteiger partial charge is 0.343 e. The van der Waals surface area contributed by atoms with Crippen molar-refractivity contribution < 1.29 is 9.18 Å². The Balaban J connectivity index is 1.73. The quantitative estimate of drug-likeness (QED) is 0.449. The topological polar surface area (TPSA) is 34.0 Å². The van der Waals surface area contributed by atoms with Gasteiger partial charge < -0.3 is 9.88 Å². The number of halogens is 2. The van der Waals surface area contributed by atoms with Gasteiger partial charge in [0.2, 0.25) is 5.91 Å². The van der Waals surface area contributed by atoms with Crippen molar-refractivity contribution in [1.82, 2.24) is 4.57 Å². The van der Waals surface area contributed by atoms with Gasteiger partial charge >= 0.3 is 0 Å². The number of rotatable bonds is 3. The molecule has 1 aliphatic rings. The van der Waals surface area contributed by atoms with Gasteiger partial charge in [0.05, 0.1) is 16.2 Å². The summed E-state index contributed by atoms with van der Waals surface area (Å²) in [6.45, 7) is 0.694. The Hall–Kier alpha value is -3.11. The fourth-order valence-corrected chi connectivity index (χ4v) is 4.41. The summed E-state index contributed by atoms with van der Waals surface area (Å²) in [4.78, 5) is 12.6. The van der Waals surface area contributed by atoms with Gasteiger partial charge in [-0.1, -0.05) is 60.1 Å². The molecule has 1 aromatic heterocycles. The summed E-state index contributed by atoms with van der Waals surface area (Å²) in [6.07, 6.45) is 2.21. The van der Waals surface area contributed by atoms with Crippen molar-refractivity contribution in [2.45, 2.75) is 18.9 Å². The van der Waals surface area contributed by atoms with Crippen molar-refractivity contribution in [1.29, 1.82) is 0 Å². The summed E-state index contributed by atoms with van der Waals surface area (Å²) in [7, 11) is 0. The first kappa shape index (κ1) is 18.0. The van der Waals surface area contributed by atoms with E-state index in [1.807, 2.05) is 42.6 Å². The van der Waals surface area contributed by atoms with Crippen LogP contribution in [0.1, 0.15) is 29.0 Å². The zero-order valence-corrected chi connectivity index (χ0v) is 16.3. The maximum Gasteiger partial charge on any atom is 0.225 e. The molecule has 1 aliphatic heterocycles. The van der Waals surface area contributed by atoms with Crippen LogP contribution >= 0.6 is 11.6 Å². The molecule has 3 aromatic carbocycles. The fraction of sp³-hybridized carbons (Fsp3) is 0.125. The van der Waals surface area contributed by atoms with E-state index in [1.165, 1.54) is 11.6 Å². The Kier molecular flexibility index (Phi) is 4.36. The molecule has 0 radical (unpaired) electrons. The number of nitrogens with zero attached hydrogens (tertiary/aromatic N) is 1. The maximum absolute atomic E-state index is 14.9. The lowest BCUT2D eigenvalue weighted by atomic mass is 9.88. The Morgan fingerprint density at radius 3 is 2.62 bits per heavy atom. The maximum atomic E-state index is 14.9. The van der Waals surface area contributed by atoms with Crippen LogP contribution in [-0.2, 0) is 11.3 Å². The van der Waals surface area contributed by atoms with Crippen LogP contribution in [-0.4, -0.2) is 10.5 Å². The molecule has 1 atom stereocenters. The minimum absolute atomic E-state index is 0.0698. The van der Waals surface area contributed by atoms with Crippen molar-refractivity contribution in [3.63, 3.8) is 0 Å². The average Bonchev–Trinajstić information content (AvgIpc) is 3.01. The summed E-state index contributed by atoms with van der Waals surface area (Å²) in [5.41, 5.74) is 4.33. The van der Waals surface area contributed by atoms with Crippen molar-refractivity contribution in [2.24, 2.45) is 0 Å². The molecular formula is C24H18ClFN2O. The second kappa shape index (κ2) is 7.05. The Bertz CT molecular complexity index is 1230. The molecule has 0 fully saturated rings. The molecule has 1 amide bonds. The minimum atomic E-state index is -0.463. The number of anilines is 1. The smallest absolute Gasteiger partial charge is 0.225 e. The van der Waals surface area contributed by atoms with Gasteiger partial charge in [0.25, 0.3) is 0 Å². The van der Waals surface area contributed by atoms with E-state index in [0.29, 0.717) is 12.1 Å². The standard InChI is InChI=1S/C24H18ClFN2O/c25-19-9-4-8-16(24(19)26)17-12-22(29)27-20-10-5-11-21-23(20)18(17)14-28(21)13-15-6-2-1-3-7-15/h1-11,14,17H,12-13H2,(H,27,29)/t17-/m0/s1. The highest BCUT2D eigenvalue weighted by atomic mass is 35.5. The molecule has 1 N–H and O–H groups in total. The number of amides is 1. The first-order chi connectivity index (χ1) is 14.1. The predicted octanol–water partition coefficient (Wildman–Crippen LogP) is 5.96. The monoisotopic (exact) mass is 404 g/mol. The number of hydrogen-bond acceptors (Lipinski definition) is 1. The van der Waals surface area contributed by atoms with Gasteiger partial charge in [-0.2, -0.15) is 0 Å². The van der Waals surface area contributed by atoms with E-state index in [2.05, 4.69) is 22.0 Å². The lowest BCUT2D eigenvalue weighted by molar-refractivity contribution is -0.116. The van der Waals surface area contributed by atoms with Gasteiger partial charge in [-0.25, -0.2) is 4.39 Å². The average molecular weight is 405 g/mol. The van der Waals surface area contributed by atoms with Crippen LogP contribution in [0.5, 0.6) is 0 Å². The lowest BCUT2D eigenvalue weighted by Crippen LogP contribution is -2.14. The zero-order chi connectivity index (χ0) is 20.0. The van der Waals surface area contributed by atoms with Crippen LogP contribution < -0.4 is 5.32 Å². The number of carbonyl (C=O) groups is 1. The van der Waals surface area contributed by atoms with E-state index >= 15 is 0 Å². The molecule has 0 saturated heterocycles. The molecule has 5 rings (SSSR count). The highest BCUT2D eigenvalue weighted by Gasteiger charge is 2.30. The predicted molar refractivity (Wildman–Crippen MR) is 114 cm³/mol.